The third-order valence-corrected chi connectivity index (χ3v) is 7.56. The van der Waals surface area contributed by atoms with E-state index in [-0.39, 0.29) is 5.91 Å². The number of thiophene rings is 1. The van der Waals surface area contributed by atoms with Gasteiger partial charge in [-0.25, -0.2) is 15.0 Å². The lowest BCUT2D eigenvalue weighted by Crippen LogP contribution is -2.12. The van der Waals surface area contributed by atoms with Crippen LogP contribution in [0.3, 0.4) is 0 Å². The summed E-state index contributed by atoms with van der Waals surface area (Å²) in [5.74, 6) is 0.313. The molecule has 5 rings (SSSR count). The van der Waals surface area contributed by atoms with Gasteiger partial charge in [-0.05, 0) is 42.6 Å². The predicted molar refractivity (Wildman–Crippen MR) is 121 cm³/mol. The lowest BCUT2D eigenvalue weighted by Gasteiger charge is -2.03. The maximum absolute atomic E-state index is 12.7. The van der Waals surface area contributed by atoms with E-state index >= 15 is 0 Å². The van der Waals surface area contributed by atoms with E-state index in [4.69, 9.17) is 0 Å². The number of hydrogen-bond donors (Lipinski definition) is 1. The first-order valence-electron chi connectivity index (χ1n) is 8.82. The Balaban J connectivity index is 1.35. The van der Waals surface area contributed by atoms with Gasteiger partial charge in [0.15, 0.2) is 0 Å². The van der Waals surface area contributed by atoms with Gasteiger partial charge >= 0.3 is 0 Å². The summed E-state index contributed by atoms with van der Waals surface area (Å²) < 4.78 is 1.14. The van der Waals surface area contributed by atoms with Crippen LogP contribution in [-0.4, -0.2) is 20.9 Å². The quantitative estimate of drug-likeness (QED) is 0.371. The van der Waals surface area contributed by atoms with E-state index < -0.39 is 0 Å². The molecule has 4 heterocycles. The molecule has 0 unspecified atom stereocenters. The van der Waals surface area contributed by atoms with Crippen LogP contribution in [0.4, 0.5) is 5.82 Å². The van der Waals surface area contributed by atoms with E-state index in [2.05, 4.69) is 26.3 Å². The molecule has 1 aromatic carbocycles. The minimum Gasteiger partial charge on any atom is -0.306 e. The van der Waals surface area contributed by atoms with Gasteiger partial charge in [-0.1, -0.05) is 18.2 Å². The Morgan fingerprint density at radius 3 is 2.62 bits per heavy atom. The zero-order valence-corrected chi connectivity index (χ0v) is 17.7. The molecule has 0 spiro atoms. The van der Waals surface area contributed by atoms with Gasteiger partial charge in [-0.3, -0.25) is 4.79 Å². The van der Waals surface area contributed by atoms with Gasteiger partial charge in [0, 0.05) is 11.8 Å². The van der Waals surface area contributed by atoms with Gasteiger partial charge in [0.05, 0.1) is 20.8 Å². The van der Waals surface area contributed by atoms with Crippen LogP contribution >= 0.6 is 34.0 Å². The second-order valence-electron chi connectivity index (χ2n) is 6.28. The highest BCUT2D eigenvalue weighted by Gasteiger charge is 2.17. The van der Waals surface area contributed by atoms with Gasteiger partial charge < -0.3 is 5.32 Å². The highest BCUT2D eigenvalue weighted by atomic mass is 32.1. The van der Waals surface area contributed by atoms with Crippen LogP contribution < -0.4 is 5.32 Å². The molecule has 0 fully saturated rings. The molecule has 0 radical (unpaired) electrons. The summed E-state index contributed by atoms with van der Waals surface area (Å²) in [5, 5.41) is 6.65. The zero-order valence-electron chi connectivity index (χ0n) is 15.2. The first-order chi connectivity index (χ1) is 14.2. The van der Waals surface area contributed by atoms with Crippen molar-refractivity contribution in [1.29, 1.82) is 0 Å². The number of carbonyl (C=O) groups excluding carboxylic acids is 1. The number of amides is 1. The molecule has 0 bridgehead atoms. The van der Waals surface area contributed by atoms with Crippen molar-refractivity contribution in [2.24, 2.45) is 0 Å². The van der Waals surface area contributed by atoms with Gasteiger partial charge in [0.2, 0.25) is 0 Å². The fraction of sp³-hybridized carbons (Fsp3) is 0.0476. The van der Waals surface area contributed by atoms with E-state index in [1.165, 1.54) is 11.3 Å². The molecule has 29 heavy (non-hydrogen) atoms. The topological polar surface area (TPSA) is 67.8 Å². The molecule has 0 saturated carbocycles. The van der Waals surface area contributed by atoms with Crippen molar-refractivity contribution in [3.05, 3.63) is 70.7 Å². The Bertz CT molecular complexity index is 1270. The van der Waals surface area contributed by atoms with Crippen LogP contribution in [0.5, 0.6) is 0 Å². The molecule has 5 nitrogen and oxygen atoms in total. The number of hydrogen-bond acceptors (Lipinski definition) is 7. The number of rotatable bonds is 4. The van der Waals surface area contributed by atoms with Crippen LogP contribution in [0, 0.1) is 6.92 Å². The van der Waals surface area contributed by atoms with Crippen molar-refractivity contribution in [1.82, 2.24) is 15.0 Å². The first-order valence-corrected chi connectivity index (χ1v) is 11.3. The maximum atomic E-state index is 12.7. The molecular weight excluding hydrogens is 420 g/mol. The van der Waals surface area contributed by atoms with Gasteiger partial charge in [0.1, 0.15) is 20.7 Å². The SMILES string of the molecule is Cc1nc(-c2cccs2)sc1C(=O)Nc1ccc(-c2nc3ccccc3s2)cn1. The van der Waals surface area contributed by atoms with Crippen molar-refractivity contribution < 1.29 is 4.79 Å². The number of pyridine rings is 1. The summed E-state index contributed by atoms with van der Waals surface area (Å²) in [7, 11) is 0. The lowest BCUT2D eigenvalue weighted by atomic mass is 10.3. The number of nitrogens with zero attached hydrogens (tertiary/aromatic N) is 3. The summed E-state index contributed by atoms with van der Waals surface area (Å²) in [4.78, 5) is 27.9. The van der Waals surface area contributed by atoms with Crippen molar-refractivity contribution in [3.8, 4) is 20.5 Å². The molecule has 4 aromatic heterocycles. The third kappa shape index (κ3) is 3.57. The summed E-state index contributed by atoms with van der Waals surface area (Å²) in [6, 6.07) is 15.8. The van der Waals surface area contributed by atoms with Crippen molar-refractivity contribution in [2.45, 2.75) is 6.92 Å². The minimum atomic E-state index is -0.192. The van der Waals surface area contributed by atoms with Crippen LogP contribution in [0.1, 0.15) is 15.4 Å². The molecule has 0 aliphatic carbocycles. The van der Waals surface area contributed by atoms with Gasteiger partial charge in [-0.2, -0.15) is 0 Å². The van der Waals surface area contributed by atoms with Crippen LogP contribution in [0.25, 0.3) is 30.7 Å². The Kier molecular flexibility index (Phi) is 4.67. The van der Waals surface area contributed by atoms with Gasteiger partial charge in [-0.15, -0.1) is 34.0 Å². The molecule has 0 atom stereocenters. The van der Waals surface area contributed by atoms with E-state index in [1.807, 2.05) is 48.7 Å². The number of fused-ring (bicyclic) bond motifs is 1. The van der Waals surface area contributed by atoms with Crippen LogP contribution in [0.2, 0.25) is 0 Å². The monoisotopic (exact) mass is 434 g/mol. The number of nitrogens with one attached hydrogen (secondary N) is 1. The second-order valence-corrected chi connectivity index (χ2v) is 9.26. The summed E-state index contributed by atoms with van der Waals surface area (Å²) in [6.07, 6.45) is 1.74. The lowest BCUT2D eigenvalue weighted by molar-refractivity contribution is 0.102. The Morgan fingerprint density at radius 1 is 0.966 bits per heavy atom. The normalized spacial score (nSPS) is 11.1. The highest BCUT2D eigenvalue weighted by Crippen LogP contribution is 2.32. The fourth-order valence-electron chi connectivity index (χ4n) is 2.88. The minimum absolute atomic E-state index is 0.192. The number of thiazole rings is 2. The fourth-order valence-corrected chi connectivity index (χ4v) is 5.59. The standard InChI is InChI=1S/C21H14N4OS3/c1-12-18(29-21(23-12)16-7-4-10-27-16)19(26)25-17-9-8-13(11-22-17)20-24-14-5-2-3-6-15(14)28-20/h2-11H,1H3,(H,22,25,26). The summed E-state index contributed by atoms with van der Waals surface area (Å²) in [5.41, 5.74) is 2.63. The summed E-state index contributed by atoms with van der Waals surface area (Å²) in [6.45, 7) is 1.85. The Labute approximate surface area is 178 Å². The molecule has 1 N–H and O–H groups in total. The Hall–Kier alpha value is -2.94. The molecule has 0 aliphatic heterocycles. The molecule has 5 aromatic rings. The Morgan fingerprint density at radius 2 is 1.86 bits per heavy atom. The predicted octanol–water partition coefficient (Wildman–Crippen LogP) is 6.10. The highest BCUT2D eigenvalue weighted by molar-refractivity contribution is 7.22. The second kappa shape index (κ2) is 7.47. The number of anilines is 1. The van der Waals surface area contributed by atoms with Crippen LogP contribution in [0.15, 0.2) is 60.1 Å². The number of aryl methyl sites for hydroxylation is 1. The largest absolute Gasteiger partial charge is 0.306 e. The van der Waals surface area contributed by atoms with E-state index in [0.29, 0.717) is 10.7 Å². The van der Waals surface area contributed by atoms with Crippen molar-refractivity contribution in [3.63, 3.8) is 0 Å². The third-order valence-electron chi connectivity index (χ3n) is 4.28. The summed E-state index contributed by atoms with van der Waals surface area (Å²) >= 11 is 4.64. The molecule has 142 valence electrons. The van der Waals surface area contributed by atoms with E-state index in [0.717, 1.165) is 36.4 Å². The number of benzene rings is 1. The van der Waals surface area contributed by atoms with Gasteiger partial charge in [0.25, 0.3) is 5.91 Å². The first kappa shape index (κ1) is 18.1. The zero-order chi connectivity index (χ0) is 19.8. The van der Waals surface area contributed by atoms with Crippen molar-refractivity contribution in [2.75, 3.05) is 5.32 Å². The van der Waals surface area contributed by atoms with Crippen LogP contribution in [-0.2, 0) is 0 Å². The molecule has 1 amide bonds. The average Bonchev–Trinajstić information content (AvgIpc) is 3.47. The van der Waals surface area contributed by atoms with E-state index in [1.54, 1.807) is 34.9 Å². The number of carbonyl (C=O) groups is 1. The molecular formula is C21H14N4OS3. The number of aromatic nitrogens is 3. The molecule has 0 aliphatic rings. The van der Waals surface area contributed by atoms with Crippen molar-refractivity contribution >= 4 is 56.0 Å². The number of para-hydroxylation sites is 1. The molecule has 8 heteroatoms. The molecule has 0 saturated heterocycles. The smallest absolute Gasteiger partial charge is 0.268 e. The van der Waals surface area contributed by atoms with E-state index in [9.17, 15) is 4.79 Å². The maximum Gasteiger partial charge on any atom is 0.268 e. The average molecular weight is 435 g/mol.